The van der Waals surface area contributed by atoms with Gasteiger partial charge in [-0.3, -0.25) is 10.1 Å². The van der Waals surface area contributed by atoms with Gasteiger partial charge in [0.05, 0.1) is 10.6 Å². The molecule has 27 heavy (non-hydrogen) atoms. The number of nitrogens with zero attached hydrogens (tertiary/aromatic N) is 1. The Hall–Kier alpha value is -2.78. The number of hydrogen-bond donors (Lipinski definition) is 1. The van der Waals surface area contributed by atoms with Gasteiger partial charge in [-0.2, -0.15) is 0 Å². The summed E-state index contributed by atoms with van der Waals surface area (Å²) in [5.41, 5.74) is 1.36. The molecule has 0 fully saturated rings. The summed E-state index contributed by atoms with van der Waals surface area (Å²) in [5.74, 6) is -0.487. The van der Waals surface area contributed by atoms with Crippen LogP contribution in [-0.2, 0) is 14.6 Å². The Morgan fingerprint density at radius 1 is 1.22 bits per heavy atom. The van der Waals surface area contributed by atoms with Crippen molar-refractivity contribution in [2.45, 2.75) is 4.90 Å². The topological polar surface area (TPSA) is 85.4 Å². The molecule has 1 aromatic heterocycles. The number of halogens is 1. The van der Waals surface area contributed by atoms with E-state index in [2.05, 4.69) is 10.3 Å². The van der Waals surface area contributed by atoms with E-state index in [1.54, 1.807) is 29.6 Å². The maximum Gasteiger partial charge on any atom is 0.264 e. The van der Waals surface area contributed by atoms with E-state index in [1.165, 1.54) is 35.6 Å². The van der Waals surface area contributed by atoms with E-state index in [4.69, 9.17) is 4.74 Å². The highest BCUT2D eigenvalue weighted by molar-refractivity contribution is 7.90. The smallest absolute Gasteiger partial charge is 0.264 e. The van der Waals surface area contributed by atoms with Crippen molar-refractivity contribution in [3.05, 3.63) is 59.7 Å². The average Bonchev–Trinajstić information content (AvgIpc) is 3.08. The highest BCUT2D eigenvalue weighted by Gasteiger charge is 2.11. The van der Waals surface area contributed by atoms with Gasteiger partial charge in [0.25, 0.3) is 5.91 Å². The van der Waals surface area contributed by atoms with Gasteiger partial charge in [0.15, 0.2) is 21.6 Å². The van der Waals surface area contributed by atoms with Crippen LogP contribution in [0.2, 0.25) is 0 Å². The maximum atomic E-state index is 13.0. The normalized spacial score (nSPS) is 11.2. The van der Waals surface area contributed by atoms with Crippen molar-refractivity contribution in [2.75, 3.05) is 18.2 Å². The molecule has 9 heteroatoms. The predicted molar refractivity (Wildman–Crippen MR) is 101 cm³/mol. The lowest BCUT2D eigenvalue weighted by molar-refractivity contribution is -0.118. The second-order valence-electron chi connectivity index (χ2n) is 5.63. The van der Waals surface area contributed by atoms with Crippen molar-refractivity contribution < 1.29 is 22.3 Å². The quantitative estimate of drug-likeness (QED) is 0.678. The minimum atomic E-state index is -3.35. The number of thiazole rings is 1. The molecule has 3 rings (SSSR count). The summed E-state index contributed by atoms with van der Waals surface area (Å²) < 4.78 is 41.4. The van der Waals surface area contributed by atoms with Crippen molar-refractivity contribution in [1.29, 1.82) is 0 Å². The number of rotatable bonds is 6. The Morgan fingerprint density at radius 3 is 2.67 bits per heavy atom. The second-order valence-corrected chi connectivity index (χ2v) is 8.50. The number of carbonyl (C=O) groups is 1. The lowest BCUT2D eigenvalue weighted by Crippen LogP contribution is -2.20. The third kappa shape index (κ3) is 5.11. The van der Waals surface area contributed by atoms with Crippen LogP contribution in [0.1, 0.15) is 0 Å². The monoisotopic (exact) mass is 406 g/mol. The molecule has 0 aliphatic rings. The lowest BCUT2D eigenvalue weighted by Gasteiger charge is -2.07. The van der Waals surface area contributed by atoms with Gasteiger partial charge in [-0.05, 0) is 42.5 Å². The highest BCUT2D eigenvalue weighted by atomic mass is 32.2. The number of hydrogen-bond acceptors (Lipinski definition) is 6. The fourth-order valence-corrected chi connectivity index (χ4v) is 3.58. The number of anilines is 1. The molecule has 2 aromatic carbocycles. The van der Waals surface area contributed by atoms with Crippen LogP contribution in [0, 0.1) is 5.82 Å². The Kier molecular flexibility index (Phi) is 5.52. The van der Waals surface area contributed by atoms with Crippen molar-refractivity contribution in [3.8, 4) is 17.0 Å². The van der Waals surface area contributed by atoms with E-state index in [1.807, 2.05) is 0 Å². The van der Waals surface area contributed by atoms with E-state index < -0.39 is 15.7 Å². The van der Waals surface area contributed by atoms with Gasteiger partial charge in [0.1, 0.15) is 11.6 Å². The van der Waals surface area contributed by atoms with Crippen molar-refractivity contribution >= 4 is 32.2 Å². The fourth-order valence-electron chi connectivity index (χ4n) is 2.18. The van der Waals surface area contributed by atoms with Gasteiger partial charge in [-0.15, -0.1) is 11.3 Å². The summed E-state index contributed by atoms with van der Waals surface area (Å²) in [6.45, 7) is -0.293. The van der Waals surface area contributed by atoms with Crippen LogP contribution in [0.25, 0.3) is 11.3 Å². The molecule has 6 nitrogen and oxygen atoms in total. The van der Waals surface area contributed by atoms with E-state index in [-0.39, 0.29) is 23.1 Å². The summed E-state index contributed by atoms with van der Waals surface area (Å²) >= 11 is 1.23. The van der Waals surface area contributed by atoms with Crippen LogP contribution < -0.4 is 10.1 Å². The van der Waals surface area contributed by atoms with Gasteiger partial charge in [0.2, 0.25) is 0 Å². The van der Waals surface area contributed by atoms with Crippen molar-refractivity contribution in [2.24, 2.45) is 0 Å². The van der Waals surface area contributed by atoms with Gasteiger partial charge in [-0.1, -0.05) is 6.07 Å². The third-order valence-electron chi connectivity index (χ3n) is 3.49. The van der Waals surface area contributed by atoms with Gasteiger partial charge in [-0.25, -0.2) is 17.8 Å². The Balaban J connectivity index is 1.59. The fraction of sp³-hybridized carbons (Fsp3) is 0.111. The van der Waals surface area contributed by atoms with Gasteiger partial charge in [0, 0.05) is 17.2 Å². The zero-order chi connectivity index (χ0) is 19.4. The van der Waals surface area contributed by atoms with Gasteiger partial charge < -0.3 is 4.74 Å². The second kappa shape index (κ2) is 7.85. The average molecular weight is 406 g/mol. The van der Waals surface area contributed by atoms with E-state index in [0.29, 0.717) is 10.8 Å². The zero-order valence-corrected chi connectivity index (χ0v) is 15.8. The van der Waals surface area contributed by atoms with E-state index >= 15 is 0 Å². The molecule has 0 atom stereocenters. The molecule has 0 saturated heterocycles. The number of aromatic nitrogens is 1. The SMILES string of the molecule is CS(=O)(=O)c1cccc(OCC(=O)Nc2nc(-c3ccc(F)cc3)cs2)c1. The Labute approximate surface area is 159 Å². The predicted octanol–water partition coefficient (Wildman–Crippen LogP) is 3.37. The molecule has 140 valence electrons. The van der Waals surface area contributed by atoms with E-state index in [0.717, 1.165) is 11.8 Å². The Bertz CT molecular complexity index is 1060. The molecule has 1 heterocycles. The number of nitrogens with one attached hydrogen (secondary N) is 1. The molecule has 0 radical (unpaired) electrons. The maximum absolute atomic E-state index is 13.0. The molecule has 0 bridgehead atoms. The number of amides is 1. The summed E-state index contributed by atoms with van der Waals surface area (Å²) in [4.78, 5) is 16.4. The largest absolute Gasteiger partial charge is 0.484 e. The number of carbonyl (C=O) groups excluding carboxylic acids is 1. The summed E-state index contributed by atoms with van der Waals surface area (Å²) in [7, 11) is -3.35. The first-order valence-corrected chi connectivity index (χ1v) is 10.5. The van der Waals surface area contributed by atoms with Crippen LogP contribution in [0.5, 0.6) is 5.75 Å². The number of benzene rings is 2. The third-order valence-corrected chi connectivity index (χ3v) is 5.36. The number of ether oxygens (including phenoxy) is 1. The first-order chi connectivity index (χ1) is 12.8. The molecule has 1 amide bonds. The first kappa shape index (κ1) is 19.0. The molecule has 0 aliphatic carbocycles. The van der Waals surface area contributed by atoms with Gasteiger partial charge >= 0.3 is 0 Å². The van der Waals surface area contributed by atoms with Crippen LogP contribution in [-0.4, -0.2) is 32.2 Å². The molecule has 0 aliphatic heterocycles. The molecule has 0 unspecified atom stereocenters. The molecule has 3 aromatic rings. The molecular weight excluding hydrogens is 391 g/mol. The zero-order valence-electron chi connectivity index (χ0n) is 14.2. The summed E-state index contributed by atoms with van der Waals surface area (Å²) in [5, 5.41) is 4.74. The Morgan fingerprint density at radius 2 is 1.96 bits per heavy atom. The molecule has 0 spiro atoms. The van der Waals surface area contributed by atoms with Crippen molar-refractivity contribution in [3.63, 3.8) is 0 Å². The lowest BCUT2D eigenvalue weighted by atomic mass is 10.2. The van der Waals surface area contributed by atoms with Crippen LogP contribution in [0.15, 0.2) is 58.8 Å². The number of sulfone groups is 1. The van der Waals surface area contributed by atoms with Crippen LogP contribution >= 0.6 is 11.3 Å². The minimum Gasteiger partial charge on any atom is -0.484 e. The minimum absolute atomic E-state index is 0.115. The summed E-state index contributed by atoms with van der Waals surface area (Å²) in [6, 6.07) is 11.8. The van der Waals surface area contributed by atoms with Crippen molar-refractivity contribution in [1.82, 2.24) is 4.98 Å². The molecule has 1 N–H and O–H groups in total. The molecule has 0 saturated carbocycles. The highest BCUT2D eigenvalue weighted by Crippen LogP contribution is 2.25. The van der Waals surface area contributed by atoms with Crippen LogP contribution in [0.4, 0.5) is 9.52 Å². The standard InChI is InChI=1S/C18H15FN2O4S2/c1-27(23,24)15-4-2-3-14(9-15)25-10-17(22)21-18-20-16(11-26-18)12-5-7-13(19)8-6-12/h2-9,11H,10H2,1H3,(H,20,21,22). The van der Waals surface area contributed by atoms with Crippen LogP contribution in [0.3, 0.4) is 0 Å². The summed E-state index contributed by atoms with van der Waals surface area (Å²) in [6.07, 6.45) is 1.10. The first-order valence-electron chi connectivity index (χ1n) is 7.75. The van der Waals surface area contributed by atoms with E-state index in [9.17, 15) is 17.6 Å². The molecular formula is C18H15FN2O4S2.